The SMILES string of the molecule is CCc1ccc(N2CCNCC2)c(Br)c1. The molecule has 1 aliphatic heterocycles. The fourth-order valence-corrected chi connectivity index (χ4v) is 2.61. The highest BCUT2D eigenvalue weighted by atomic mass is 79.9. The molecular formula is C12H17BrN2. The quantitative estimate of drug-likeness (QED) is 0.887. The van der Waals surface area contributed by atoms with E-state index in [1.807, 2.05) is 0 Å². The van der Waals surface area contributed by atoms with Crippen molar-refractivity contribution in [2.24, 2.45) is 0 Å². The Morgan fingerprint density at radius 3 is 2.67 bits per heavy atom. The van der Waals surface area contributed by atoms with Crippen LogP contribution >= 0.6 is 15.9 Å². The van der Waals surface area contributed by atoms with Gasteiger partial charge in [0.05, 0.1) is 5.69 Å². The maximum absolute atomic E-state index is 3.66. The fraction of sp³-hybridized carbons (Fsp3) is 0.500. The average Bonchev–Trinajstić information content (AvgIpc) is 2.30. The number of piperazine rings is 1. The second kappa shape index (κ2) is 4.99. The molecule has 2 rings (SSSR count). The number of benzene rings is 1. The van der Waals surface area contributed by atoms with Crippen LogP contribution in [0.25, 0.3) is 0 Å². The Morgan fingerprint density at radius 1 is 1.33 bits per heavy atom. The molecule has 0 saturated carbocycles. The average molecular weight is 269 g/mol. The van der Waals surface area contributed by atoms with Gasteiger partial charge in [0.2, 0.25) is 0 Å². The molecule has 1 N–H and O–H groups in total. The minimum Gasteiger partial charge on any atom is -0.368 e. The highest BCUT2D eigenvalue weighted by Gasteiger charge is 2.12. The van der Waals surface area contributed by atoms with Gasteiger partial charge in [0.25, 0.3) is 0 Å². The summed E-state index contributed by atoms with van der Waals surface area (Å²) in [6.45, 7) is 6.56. The molecule has 0 atom stereocenters. The van der Waals surface area contributed by atoms with Crippen molar-refractivity contribution < 1.29 is 0 Å². The summed E-state index contributed by atoms with van der Waals surface area (Å²) in [6.07, 6.45) is 1.10. The number of hydrogen-bond acceptors (Lipinski definition) is 2. The summed E-state index contributed by atoms with van der Waals surface area (Å²) in [7, 11) is 0. The van der Waals surface area contributed by atoms with E-state index in [9.17, 15) is 0 Å². The van der Waals surface area contributed by atoms with Crippen LogP contribution in [0, 0.1) is 0 Å². The van der Waals surface area contributed by atoms with Crippen LogP contribution in [-0.2, 0) is 6.42 Å². The van der Waals surface area contributed by atoms with Gasteiger partial charge in [0.15, 0.2) is 0 Å². The molecular weight excluding hydrogens is 252 g/mol. The van der Waals surface area contributed by atoms with Crippen LogP contribution in [0.3, 0.4) is 0 Å². The third-order valence-electron chi connectivity index (χ3n) is 2.88. The zero-order valence-corrected chi connectivity index (χ0v) is 10.7. The van der Waals surface area contributed by atoms with Gasteiger partial charge in [-0.1, -0.05) is 13.0 Å². The van der Waals surface area contributed by atoms with E-state index in [1.54, 1.807) is 0 Å². The number of nitrogens with one attached hydrogen (secondary N) is 1. The van der Waals surface area contributed by atoms with Gasteiger partial charge in [-0.15, -0.1) is 0 Å². The highest BCUT2D eigenvalue weighted by Crippen LogP contribution is 2.27. The van der Waals surface area contributed by atoms with Crippen LogP contribution in [0.5, 0.6) is 0 Å². The molecule has 1 aromatic rings. The van der Waals surface area contributed by atoms with Gasteiger partial charge < -0.3 is 10.2 Å². The van der Waals surface area contributed by atoms with Crippen molar-refractivity contribution >= 4 is 21.6 Å². The van der Waals surface area contributed by atoms with Crippen molar-refractivity contribution in [3.05, 3.63) is 28.2 Å². The minimum absolute atomic E-state index is 1.09. The largest absolute Gasteiger partial charge is 0.368 e. The first-order valence-electron chi connectivity index (χ1n) is 5.55. The standard InChI is InChI=1S/C12H17BrN2/c1-2-10-3-4-12(11(13)9-10)15-7-5-14-6-8-15/h3-4,9,14H,2,5-8H2,1H3. The van der Waals surface area contributed by atoms with Gasteiger partial charge in [-0.25, -0.2) is 0 Å². The monoisotopic (exact) mass is 268 g/mol. The van der Waals surface area contributed by atoms with Gasteiger partial charge in [-0.2, -0.15) is 0 Å². The summed E-state index contributed by atoms with van der Waals surface area (Å²) in [5, 5.41) is 3.37. The van der Waals surface area contributed by atoms with Crippen LogP contribution in [0.15, 0.2) is 22.7 Å². The normalized spacial score (nSPS) is 16.8. The van der Waals surface area contributed by atoms with E-state index in [0.29, 0.717) is 0 Å². The molecule has 1 saturated heterocycles. The number of hydrogen-bond donors (Lipinski definition) is 1. The molecule has 15 heavy (non-hydrogen) atoms. The van der Waals surface area contributed by atoms with E-state index in [-0.39, 0.29) is 0 Å². The van der Waals surface area contributed by atoms with Crippen LogP contribution in [0.4, 0.5) is 5.69 Å². The molecule has 1 fully saturated rings. The van der Waals surface area contributed by atoms with E-state index in [0.717, 1.165) is 32.6 Å². The Morgan fingerprint density at radius 2 is 2.07 bits per heavy atom. The molecule has 0 unspecified atom stereocenters. The zero-order valence-electron chi connectivity index (χ0n) is 9.09. The summed E-state index contributed by atoms with van der Waals surface area (Å²) in [6, 6.07) is 6.69. The van der Waals surface area contributed by atoms with Crippen LogP contribution in [0.2, 0.25) is 0 Å². The van der Waals surface area contributed by atoms with Crippen molar-refractivity contribution in [1.82, 2.24) is 5.32 Å². The highest BCUT2D eigenvalue weighted by molar-refractivity contribution is 9.10. The Hall–Kier alpha value is -0.540. The van der Waals surface area contributed by atoms with Crippen molar-refractivity contribution in [3.63, 3.8) is 0 Å². The first-order chi connectivity index (χ1) is 7.31. The molecule has 0 aromatic heterocycles. The van der Waals surface area contributed by atoms with E-state index in [4.69, 9.17) is 0 Å². The molecule has 3 heteroatoms. The number of anilines is 1. The molecule has 1 aliphatic rings. The minimum atomic E-state index is 1.09. The van der Waals surface area contributed by atoms with Gasteiger partial charge >= 0.3 is 0 Å². The third kappa shape index (κ3) is 2.52. The number of aryl methyl sites for hydroxylation is 1. The van der Waals surface area contributed by atoms with Crippen molar-refractivity contribution in [2.45, 2.75) is 13.3 Å². The van der Waals surface area contributed by atoms with Gasteiger partial charge in [-0.3, -0.25) is 0 Å². The van der Waals surface area contributed by atoms with Gasteiger partial charge in [-0.05, 0) is 40.0 Å². The summed E-state index contributed by atoms with van der Waals surface area (Å²) < 4.78 is 1.23. The lowest BCUT2D eigenvalue weighted by Crippen LogP contribution is -2.43. The molecule has 1 heterocycles. The van der Waals surface area contributed by atoms with E-state index >= 15 is 0 Å². The maximum Gasteiger partial charge on any atom is 0.0511 e. The summed E-state index contributed by atoms with van der Waals surface area (Å²) in [5.41, 5.74) is 2.72. The zero-order chi connectivity index (χ0) is 10.7. The molecule has 2 nitrogen and oxygen atoms in total. The van der Waals surface area contributed by atoms with Crippen LogP contribution in [-0.4, -0.2) is 26.2 Å². The van der Waals surface area contributed by atoms with Crippen molar-refractivity contribution in [1.29, 1.82) is 0 Å². The Labute approximate surface area is 99.8 Å². The predicted octanol–water partition coefficient (Wildman–Crippen LogP) is 2.42. The molecule has 1 aromatic carbocycles. The summed E-state index contributed by atoms with van der Waals surface area (Å²) in [5.74, 6) is 0. The van der Waals surface area contributed by atoms with Crippen molar-refractivity contribution in [3.8, 4) is 0 Å². The summed E-state index contributed by atoms with van der Waals surface area (Å²) in [4.78, 5) is 2.43. The molecule has 0 bridgehead atoms. The Kier molecular flexibility index (Phi) is 3.65. The van der Waals surface area contributed by atoms with E-state index < -0.39 is 0 Å². The third-order valence-corrected chi connectivity index (χ3v) is 3.51. The second-order valence-corrected chi connectivity index (χ2v) is 4.73. The van der Waals surface area contributed by atoms with Gasteiger partial charge in [0.1, 0.15) is 0 Å². The van der Waals surface area contributed by atoms with Crippen LogP contribution in [0.1, 0.15) is 12.5 Å². The molecule has 0 aliphatic carbocycles. The molecule has 82 valence electrons. The predicted molar refractivity (Wildman–Crippen MR) is 68.6 cm³/mol. The van der Waals surface area contributed by atoms with E-state index in [2.05, 4.69) is 51.3 Å². The molecule has 0 spiro atoms. The number of rotatable bonds is 2. The molecule has 0 amide bonds. The first-order valence-corrected chi connectivity index (χ1v) is 6.34. The number of nitrogens with zero attached hydrogens (tertiary/aromatic N) is 1. The lowest BCUT2D eigenvalue weighted by Gasteiger charge is -2.30. The fourth-order valence-electron chi connectivity index (χ4n) is 1.93. The topological polar surface area (TPSA) is 15.3 Å². The number of halogens is 1. The maximum atomic E-state index is 3.66. The van der Waals surface area contributed by atoms with Gasteiger partial charge in [0, 0.05) is 30.7 Å². The summed E-state index contributed by atoms with van der Waals surface area (Å²) >= 11 is 3.66. The van der Waals surface area contributed by atoms with Crippen molar-refractivity contribution in [2.75, 3.05) is 31.1 Å². The van der Waals surface area contributed by atoms with E-state index in [1.165, 1.54) is 15.7 Å². The lowest BCUT2D eigenvalue weighted by molar-refractivity contribution is 0.588. The second-order valence-electron chi connectivity index (χ2n) is 3.88. The molecule has 0 radical (unpaired) electrons. The Balaban J connectivity index is 2.19. The smallest absolute Gasteiger partial charge is 0.0511 e. The van der Waals surface area contributed by atoms with Crippen LogP contribution < -0.4 is 10.2 Å². The first kappa shape index (κ1) is 11.0. The lowest BCUT2D eigenvalue weighted by atomic mass is 10.1. The Bertz CT molecular complexity index is 332.